The highest BCUT2D eigenvalue weighted by molar-refractivity contribution is 7.14. The number of likely N-dealkylation sites (tertiary alicyclic amines) is 1. The Labute approximate surface area is 124 Å². The van der Waals surface area contributed by atoms with Crippen LogP contribution in [0.25, 0.3) is 0 Å². The van der Waals surface area contributed by atoms with Gasteiger partial charge in [0.05, 0.1) is 17.1 Å². The highest BCUT2D eigenvalue weighted by Gasteiger charge is 2.51. The number of carbonyl (C=O) groups excluding carboxylic acids is 3. The zero-order chi connectivity index (χ0) is 15.4. The van der Waals surface area contributed by atoms with Crippen molar-refractivity contribution in [2.45, 2.75) is 31.8 Å². The number of aliphatic hydroxyl groups is 1. The first-order valence-corrected chi connectivity index (χ1v) is 7.41. The number of thiophene rings is 1. The van der Waals surface area contributed by atoms with Crippen LogP contribution in [-0.4, -0.2) is 44.9 Å². The number of piperidine rings is 1. The minimum atomic E-state index is -1.13. The Hall–Kier alpha value is -1.93. The molecule has 1 aromatic rings. The van der Waals surface area contributed by atoms with Crippen molar-refractivity contribution in [3.05, 3.63) is 16.5 Å². The molecule has 1 atom stereocenters. The molecule has 1 fully saturated rings. The lowest BCUT2D eigenvalue weighted by Gasteiger charge is -2.43. The maximum atomic E-state index is 12.5. The number of carbonyl (C=O) groups is 3. The zero-order valence-corrected chi connectivity index (χ0v) is 12.3. The van der Waals surface area contributed by atoms with Crippen molar-refractivity contribution in [2.24, 2.45) is 0 Å². The topological polar surface area (TPSA) is 104 Å². The lowest BCUT2D eigenvalue weighted by Crippen LogP contribution is -2.62. The maximum absolute atomic E-state index is 12.5. The number of hydrogen-bond donors (Lipinski definition) is 2. The molecule has 0 saturated carbocycles. The van der Waals surface area contributed by atoms with E-state index in [1.165, 1.54) is 16.2 Å². The zero-order valence-electron chi connectivity index (χ0n) is 11.5. The summed E-state index contributed by atoms with van der Waals surface area (Å²) in [5.74, 6) is -1.21. The third kappa shape index (κ3) is 1.79. The van der Waals surface area contributed by atoms with Crippen LogP contribution in [0.5, 0.6) is 0 Å². The summed E-state index contributed by atoms with van der Waals surface area (Å²) >= 11 is 1.31. The molecule has 3 rings (SSSR count). The summed E-state index contributed by atoms with van der Waals surface area (Å²) in [5, 5.41) is 11.5. The molecule has 0 aliphatic carbocycles. The van der Waals surface area contributed by atoms with E-state index in [2.05, 4.69) is 0 Å². The van der Waals surface area contributed by atoms with E-state index < -0.39 is 24.1 Å². The molecule has 8 heteroatoms. The summed E-state index contributed by atoms with van der Waals surface area (Å²) in [6.07, 6.45) is 0.370. The second-order valence-electron chi connectivity index (χ2n) is 5.43. The predicted octanol–water partition coefficient (Wildman–Crippen LogP) is 0.144. The Balaban J connectivity index is 1.95. The fourth-order valence-corrected chi connectivity index (χ4v) is 3.71. The van der Waals surface area contributed by atoms with Crippen LogP contribution < -0.4 is 5.73 Å². The van der Waals surface area contributed by atoms with Crippen LogP contribution in [0.2, 0.25) is 0 Å². The monoisotopic (exact) mass is 309 g/mol. The van der Waals surface area contributed by atoms with Crippen molar-refractivity contribution in [1.29, 1.82) is 0 Å². The van der Waals surface area contributed by atoms with E-state index in [0.717, 1.165) is 10.5 Å². The van der Waals surface area contributed by atoms with Gasteiger partial charge in [0.1, 0.15) is 12.3 Å². The van der Waals surface area contributed by atoms with Crippen LogP contribution in [-0.2, 0) is 16.1 Å². The first-order valence-electron chi connectivity index (χ1n) is 6.53. The SMILES string of the molecule is C[C@]1(N2Cc3c(csc3N)C2=O)CCC(=O)N(CO)C1=O. The fraction of sp³-hybridized carbons (Fsp3) is 0.462. The minimum Gasteiger partial charge on any atom is -0.390 e. The van der Waals surface area contributed by atoms with Gasteiger partial charge >= 0.3 is 0 Å². The van der Waals surface area contributed by atoms with Crippen LogP contribution in [0, 0.1) is 0 Å². The van der Waals surface area contributed by atoms with Crippen LogP contribution in [0.3, 0.4) is 0 Å². The highest BCUT2D eigenvalue weighted by Crippen LogP contribution is 2.39. The Morgan fingerprint density at radius 2 is 2.14 bits per heavy atom. The Morgan fingerprint density at radius 3 is 2.76 bits per heavy atom. The van der Waals surface area contributed by atoms with Gasteiger partial charge < -0.3 is 15.7 Å². The van der Waals surface area contributed by atoms with Crippen molar-refractivity contribution >= 4 is 34.1 Å². The molecule has 112 valence electrons. The maximum Gasteiger partial charge on any atom is 0.256 e. The standard InChI is InChI=1S/C13H15N3O4S/c1-13(3-2-9(18)15(6-17)12(13)20)16-4-7-8(11(16)19)5-21-10(7)14/h5,17H,2-4,6,14H2,1H3/t13-/m0/s1. The number of fused-ring (bicyclic) bond motifs is 1. The largest absolute Gasteiger partial charge is 0.390 e. The second-order valence-corrected chi connectivity index (χ2v) is 6.34. The van der Waals surface area contributed by atoms with E-state index in [4.69, 9.17) is 5.73 Å². The summed E-state index contributed by atoms with van der Waals surface area (Å²) in [5.41, 5.74) is 5.99. The lowest BCUT2D eigenvalue weighted by atomic mass is 9.88. The number of imide groups is 1. The van der Waals surface area contributed by atoms with Gasteiger partial charge in [-0.2, -0.15) is 0 Å². The number of nitrogens with zero attached hydrogens (tertiary/aromatic N) is 2. The van der Waals surface area contributed by atoms with Gasteiger partial charge in [0, 0.05) is 17.4 Å². The molecule has 2 aliphatic heterocycles. The number of rotatable bonds is 2. The Morgan fingerprint density at radius 1 is 1.43 bits per heavy atom. The first-order chi connectivity index (χ1) is 9.90. The second kappa shape index (κ2) is 4.54. The molecule has 7 nitrogen and oxygen atoms in total. The molecule has 0 bridgehead atoms. The molecular formula is C13H15N3O4S. The van der Waals surface area contributed by atoms with E-state index in [-0.39, 0.29) is 25.3 Å². The van der Waals surface area contributed by atoms with Gasteiger partial charge in [0.25, 0.3) is 11.8 Å². The van der Waals surface area contributed by atoms with Gasteiger partial charge in [-0.3, -0.25) is 19.3 Å². The third-order valence-electron chi connectivity index (χ3n) is 4.29. The third-order valence-corrected chi connectivity index (χ3v) is 5.14. The Bertz CT molecular complexity index is 656. The predicted molar refractivity (Wildman–Crippen MR) is 75.2 cm³/mol. The summed E-state index contributed by atoms with van der Waals surface area (Å²) in [4.78, 5) is 38.9. The molecule has 0 radical (unpaired) electrons. The quantitative estimate of drug-likeness (QED) is 0.756. The normalized spacial score (nSPS) is 25.7. The van der Waals surface area contributed by atoms with Crippen molar-refractivity contribution in [3.63, 3.8) is 0 Å². The smallest absolute Gasteiger partial charge is 0.256 e. The average molecular weight is 309 g/mol. The van der Waals surface area contributed by atoms with Gasteiger partial charge in [0.2, 0.25) is 5.91 Å². The molecular weight excluding hydrogens is 294 g/mol. The number of amides is 3. The van der Waals surface area contributed by atoms with E-state index >= 15 is 0 Å². The molecule has 3 amide bonds. The molecule has 0 unspecified atom stereocenters. The first kappa shape index (κ1) is 14.0. The van der Waals surface area contributed by atoms with E-state index in [0.29, 0.717) is 10.6 Å². The molecule has 2 aliphatic rings. The van der Waals surface area contributed by atoms with Gasteiger partial charge in [-0.25, -0.2) is 0 Å². The van der Waals surface area contributed by atoms with Gasteiger partial charge in [-0.15, -0.1) is 11.3 Å². The number of aliphatic hydroxyl groups excluding tert-OH is 1. The molecule has 1 aromatic heterocycles. The van der Waals surface area contributed by atoms with E-state index in [1.54, 1.807) is 12.3 Å². The van der Waals surface area contributed by atoms with Crippen LogP contribution >= 0.6 is 11.3 Å². The van der Waals surface area contributed by atoms with Crippen molar-refractivity contribution < 1.29 is 19.5 Å². The van der Waals surface area contributed by atoms with Crippen molar-refractivity contribution in [3.8, 4) is 0 Å². The van der Waals surface area contributed by atoms with Crippen LogP contribution in [0.1, 0.15) is 35.7 Å². The summed E-state index contributed by atoms with van der Waals surface area (Å²) < 4.78 is 0. The molecule has 0 aromatic carbocycles. The number of hydrogen-bond acceptors (Lipinski definition) is 6. The number of nitrogens with two attached hydrogens (primary N) is 1. The summed E-state index contributed by atoms with van der Waals surface area (Å²) in [6, 6.07) is 0. The molecule has 3 heterocycles. The van der Waals surface area contributed by atoms with E-state index in [9.17, 15) is 19.5 Å². The van der Waals surface area contributed by atoms with Crippen LogP contribution in [0.4, 0.5) is 5.00 Å². The summed E-state index contributed by atoms with van der Waals surface area (Å²) in [7, 11) is 0. The molecule has 21 heavy (non-hydrogen) atoms. The number of anilines is 1. The molecule has 0 spiro atoms. The minimum absolute atomic E-state index is 0.120. The average Bonchev–Trinajstić information content (AvgIpc) is 2.97. The molecule has 1 saturated heterocycles. The number of nitrogen functional groups attached to an aromatic ring is 1. The van der Waals surface area contributed by atoms with Gasteiger partial charge in [-0.1, -0.05) is 0 Å². The fourth-order valence-electron chi connectivity index (χ4n) is 2.90. The van der Waals surface area contributed by atoms with Crippen molar-refractivity contribution in [1.82, 2.24) is 9.80 Å². The Kier molecular flexibility index (Phi) is 3.03. The van der Waals surface area contributed by atoms with Crippen molar-refractivity contribution in [2.75, 3.05) is 12.5 Å². The van der Waals surface area contributed by atoms with Gasteiger partial charge in [-0.05, 0) is 13.3 Å². The van der Waals surface area contributed by atoms with E-state index in [1.807, 2.05) is 0 Å². The van der Waals surface area contributed by atoms with Gasteiger partial charge in [0.15, 0.2) is 0 Å². The summed E-state index contributed by atoms with van der Waals surface area (Å²) in [6.45, 7) is 1.23. The van der Waals surface area contributed by atoms with Crippen LogP contribution in [0.15, 0.2) is 5.38 Å². The highest BCUT2D eigenvalue weighted by atomic mass is 32.1. The lowest BCUT2D eigenvalue weighted by molar-refractivity contribution is -0.162. The molecule has 3 N–H and O–H groups in total.